The van der Waals surface area contributed by atoms with E-state index < -0.39 is 8.07 Å². The number of hydrogen-bond donors (Lipinski definition) is 0. The first kappa shape index (κ1) is 21.5. The van der Waals surface area contributed by atoms with Crippen molar-refractivity contribution in [3.8, 4) is 0 Å². The highest BCUT2D eigenvalue weighted by Crippen LogP contribution is 2.47. The molecule has 3 nitrogen and oxygen atoms in total. The van der Waals surface area contributed by atoms with Crippen LogP contribution in [0.1, 0.15) is 57.5 Å². The molecule has 1 aromatic heterocycles. The lowest BCUT2D eigenvalue weighted by molar-refractivity contribution is 0.101. The Bertz CT molecular complexity index is 1140. The van der Waals surface area contributed by atoms with Crippen molar-refractivity contribution in [1.29, 1.82) is 0 Å². The third kappa shape index (κ3) is 3.34. The van der Waals surface area contributed by atoms with Gasteiger partial charge in [-0.15, -0.1) is 0 Å². The van der Waals surface area contributed by atoms with Crippen molar-refractivity contribution in [1.82, 2.24) is 4.98 Å². The van der Waals surface area contributed by atoms with Gasteiger partial charge in [-0.05, 0) is 34.8 Å². The molecule has 4 heteroatoms. The summed E-state index contributed by atoms with van der Waals surface area (Å²) in [5.41, 5.74) is 8.81. The summed E-state index contributed by atoms with van der Waals surface area (Å²) in [5.74, 6) is 0.0409. The van der Waals surface area contributed by atoms with Gasteiger partial charge in [0.25, 0.3) is 5.91 Å². The van der Waals surface area contributed by atoms with Crippen LogP contribution in [0.4, 0.5) is 5.69 Å². The Morgan fingerprint density at radius 3 is 2.06 bits per heavy atom. The zero-order chi connectivity index (χ0) is 22.3. The van der Waals surface area contributed by atoms with Crippen molar-refractivity contribution in [2.45, 2.75) is 58.2 Å². The number of fused-ring (bicyclic) bond motifs is 2. The highest BCUT2D eigenvalue weighted by Gasteiger charge is 2.44. The minimum atomic E-state index is -1.91. The smallest absolute Gasteiger partial charge is 0.263 e. The number of aromatic nitrogens is 1. The molecule has 1 aliphatic rings. The van der Waals surface area contributed by atoms with E-state index in [1.54, 1.807) is 6.20 Å². The number of nitrogens with zero attached hydrogens (tertiary/aromatic N) is 2. The van der Waals surface area contributed by atoms with Crippen LogP contribution in [-0.2, 0) is 0 Å². The van der Waals surface area contributed by atoms with Crippen LogP contribution in [0.15, 0.2) is 66.5 Å². The molecule has 0 bridgehead atoms. The first-order chi connectivity index (χ1) is 14.8. The zero-order valence-electron chi connectivity index (χ0n) is 19.4. The van der Waals surface area contributed by atoms with Crippen molar-refractivity contribution in [3.05, 3.63) is 77.6 Å². The van der Waals surface area contributed by atoms with E-state index in [9.17, 15) is 4.79 Å². The van der Waals surface area contributed by atoms with Gasteiger partial charge in [0.05, 0.1) is 19.3 Å². The maximum Gasteiger partial charge on any atom is 0.263 e. The number of pyridine rings is 1. The van der Waals surface area contributed by atoms with Gasteiger partial charge in [0.15, 0.2) is 0 Å². The molecule has 0 fully saturated rings. The Balaban J connectivity index is 2.03. The quantitative estimate of drug-likeness (QED) is 0.395. The average Bonchev–Trinajstić information content (AvgIpc) is 3.02. The number of rotatable bonds is 5. The largest absolute Gasteiger partial charge is 0.275 e. The van der Waals surface area contributed by atoms with Crippen molar-refractivity contribution in [3.63, 3.8) is 0 Å². The molecule has 2 aromatic carbocycles. The van der Waals surface area contributed by atoms with E-state index in [2.05, 4.69) is 70.4 Å². The second-order valence-electron chi connectivity index (χ2n) is 9.53. The number of amides is 1. The van der Waals surface area contributed by atoms with Crippen LogP contribution >= 0.6 is 0 Å². The van der Waals surface area contributed by atoms with Crippen LogP contribution in [0.25, 0.3) is 16.6 Å². The van der Waals surface area contributed by atoms with E-state index in [1.165, 1.54) is 0 Å². The Kier molecular flexibility index (Phi) is 5.61. The van der Waals surface area contributed by atoms with Gasteiger partial charge in [0.1, 0.15) is 0 Å². The van der Waals surface area contributed by atoms with Crippen LogP contribution < -0.4 is 4.90 Å². The minimum Gasteiger partial charge on any atom is -0.275 e. The minimum absolute atomic E-state index is 0.0409. The van der Waals surface area contributed by atoms with Gasteiger partial charge in [0, 0.05) is 28.4 Å². The van der Waals surface area contributed by atoms with Gasteiger partial charge < -0.3 is 0 Å². The Morgan fingerprint density at radius 1 is 0.806 bits per heavy atom. The molecule has 0 aliphatic carbocycles. The lowest BCUT2D eigenvalue weighted by Gasteiger charge is -2.41. The van der Waals surface area contributed by atoms with Gasteiger partial charge in [-0.3, -0.25) is 14.7 Å². The summed E-state index contributed by atoms with van der Waals surface area (Å²) in [4.78, 5) is 20.3. The lowest BCUT2D eigenvalue weighted by Crippen LogP contribution is -2.43. The molecule has 160 valence electrons. The maximum absolute atomic E-state index is 13.7. The van der Waals surface area contributed by atoms with Gasteiger partial charge in [-0.2, -0.15) is 0 Å². The van der Waals surface area contributed by atoms with Crippen LogP contribution in [0.5, 0.6) is 0 Å². The maximum atomic E-state index is 13.7. The topological polar surface area (TPSA) is 33.2 Å². The molecule has 3 aromatic rings. The van der Waals surface area contributed by atoms with E-state index in [4.69, 9.17) is 0 Å². The zero-order valence-corrected chi connectivity index (χ0v) is 20.4. The summed E-state index contributed by atoms with van der Waals surface area (Å²) in [7, 11) is -1.91. The van der Waals surface area contributed by atoms with Crippen molar-refractivity contribution in [2.24, 2.45) is 0 Å². The van der Waals surface area contributed by atoms with Crippen molar-refractivity contribution in [2.75, 3.05) is 4.90 Å². The predicted octanol–water partition coefficient (Wildman–Crippen LogP) is 7.45. The first-order valence-electron chi connectivity index (χ1n) is 11.3. The lowest BCUT2D eigenvalue weighted by atomic mass is 10.1. The van der Waals surface area contributed by atoms with E-state index in [0.29, 0.717) is 16.6 Å². The molecule has 0 N–H and O–H groups in total. The van der Waals surface area contributed by atoms with E-state index in [1.807, 2.05) is 41.3 Å². The molecule has 0 atom stereocenters. The average molecular weight is 429 g/mol. The highest BCUT2D eigenvalue weighted by molar-refractivity contribution is 6.88. The molecule has 0 spiro atoms. The monoisotopic (exact) mass is 428 g/mol. The second-order valence-corrected chi connectivity index (χ2v) is 15.3. The number of carbonyl (C=O) groups excluding carboxylic acids is 1. The van der Waals surface area contributed by atoms with Gasteiger partial charge in [-0.1, -0.05) is 83.6 Å². The molecule has 0 radical (unpaired) electrons. The normalized spacial score (nSPS) is 15.7. The number of anilines is 1. The highest BCUT2D eigenvalue weighted by atomic mass is 28.3. The van der Waals surface area contributed by atoms with Crippen LogP contribution in [0.3, 0.4) is 0 Å². The summed E-state index contributed by atoms with van der Waals surface area (Å²) in [5, 5.41) is 1.04. The molecular formula is C27H32N2OSi. The molecule has 4 rings (SSSR count). The van der Waals surface area contributed by atoms with Crippen LogP contribution in [-0.4, -0.2) is 19.0 Å². The fourth-order valence-corrected chi connectivity index (χ4v) is 11.4. The molecule has 1 amide bonds. The third-order valence-electron chi connectivity index (χ3n) is 7.12. The third-order valence-corrected chi connectivity index (χ3v) is 13.9. The summed E-state index contributed by atoms with van der Waals surface area (Å²) in [6, 6.07) is 18.1. The Hall–Kier alpha value is -2.72. The first-order valence-corrected chi connectivity index (χ1v) is 13.6. The Morgan fingerprint density at radius 2 is 1.42 bits per heavy atom. The summed E-state index contributed by atoms with van der Waals surface area (Å²) < 4.78 is 0. The molecule has 0 saturated carbocycles. The number of benzene rings is 2. The van der Waals surface area contributed by atoms with E-state index in [-0.39, 0.29) is 5.91 Å². The fraction of sp³-hybridized carbons (Fsp3) is 0.333. The fourth-order valence-electron chi connectivity index (χ4n) is 5.63. The SMILES string of the molecule is CC(C)[Si](/C=C1/c2ccccc2C(=O)N1c1cccc2cccnc12)(C(C)C)C(C)C. The predicted molar refractivity (Wildman–Crippen MR) is 134 cm³/mol. The summed E-state index contributed by atoms with van der Waals surface area (Å²) in [6.45, 7) is 14.1. The summed E-state index contributed by atoms with van der Waals surface area (Å²) in [6.07, 6.45) is 1.80. The van der Waals surface area contributed by atoms with Gasteiger partial charge in [0.2, 0.25) is 0 Å². The molecule has 0 unspecified atom stereocenters. The van der Waals surface area contributed by atoms with Crippen LogP contribution in [0.2, 0.25) is 16.6 Å². The van der Waals surface area contributed by atoms with E-state index in [0.717, 1.165) is 33.4 Å². The van der Waals surface area contributed by atoms with Crippen molar-refractivity contribution < 1.29 is 4.79 Å². The molecule has 31 heavy (non-hydrogen) atoms. The van der Waals surface area contributed by atoms with E-state index >= 15 is 0 Å². The molecule has 2 heterocycles. The molecule has 0 saturated heterocycles. The molecular weight excluding hydrogens is 396 g/mol. The molecule has 1 aliphatic heterocycles. The number of para-hydroxylation sites is 1. The van der Waals surface area contributed by atoms with Crippen molar-refractivity contribution >= 4 is 36.3 Å². The second kappa shape index (κ2) is 8.08. The van der Waals surface area contributed by atoms with Crippen LogP contribution in [0, 0.1) is 0 Å². The standard InChI is InChI=1S/C27H32N2OSi/c1-18(2)31(19(3)4,20(5)6)17-25-22-13-7-8-14-23(22)27(30)29(25)24-15-9-11-21-12-10-16-28-26(21)24/h7-20H,1-6H3/b25-17-. The Labute approximate surface area is 186 Å². The van der Waals surface area contributed by atoms with Gasteiger partial charge >= 0.3 is 0 Å². The number of hydrogen-bond acceptors (Lipinski definition) is 2. The summed E-state index contributed by atoms with van der Waals surface area (Å²) >= 11 is 0. The van der Waals surface area contributed by atoms with Gasteiger partial charge in [-0.25, -0.2) is 0 Å². The number of carbonyl (C=O) groups is 1.